The summed E-state index contributed by atoms with van der Waals surface area (Å²) >= 11 is 5.88. The van der Waals surface area contributed by atoms with Crippen LogP contribution in [0.2, 0.25) is 5.02 Å². The van der Waals surface area contributed by atoms with Crippen LogP contribution in [0.25, 0.3) is 0 Å². The van der Waals surface area contributed by atoms with Crippen LogP contribution in [-0.4, -0.2) is 15.6 Å². The Morgan fingerprint density at radius 2 is 2.21 bits per heavy atom. The zero-order chi connectivity index (χ0) is 10.1. The van der Waals surface area contributed by atoms with Crippen molar-refractivity contribution in [2.45, 2.75) is 32.2 Å². The van der Waals surface area contributed by atoms with Crippen LogP contribution in [0.1, 0.15) is 35.4 Å². The van der Waals surface area contributed by atoms with Crippen molar-refractivity contribution >= 4 is 17.6 Å². The maximum Gasteiger partial charge on any atom is 0.354 e. The highest BCUT2D eigenvalue weighted by Gasteiger charge is 2.20. The van der Waals surface area contributed by atoms with Gasteiger partial charge < -0.3 is 9.67 Å². The Balaban J connectivity index is 2.49. The van der Waals surface area contributed by atoms with Crippen molar-refractivity contribution in [3.8, 4) is 0 Å². The van der Waals surface area contributed by atoms with Crippen molar-refractivity contribution in [2.24, 2.45) is 0 Å². The molecule has 0 atom stereocenters. The van der Waals surface area contributed by atoms with Crippen molar-refractivity contribution in [1.82, 2.24) is 4.57 Å². The van der Waals surface area contributed by atoms with E-state index < -0.39 is 5.97 Å². The Bertz CT molecular complexity index is 370. The molecule has 76 valence electrons. The van der Waals surface area contributed by atoms with E-state index in [1.807, 2.05) is 4.57 Å². The van der Waals surface area contributed by atoms with Gasteiger partial charge in [0.1, 0.15) is 5.69 Å². The van der Waals surface area contributed by atoms with E-state index in [1.54, 1.807) is 6.07 Å². The average molecular weight is 214 g/mol. The summed E-state index contributed by atoms with van der Waals surface area (Å²) in [6.45, 7) is 0.781. The number of nitrogens with zero attached hydrogens (tertiary/aromatic N) is 1. The van der Waals surface area contributed by atoms with Crippen LogP contribution >= 0.6 is 11.6 Å². The minimum atomic E-state index is -0.928. The maximum absolute atomic E-state index is 11.0. The predicted octanol–water partition coefficient (Wildman–Crippen LogP) is 2.57. The zero-order valence-corrected chi connectivity index (χ0v) is 8.55. The standard InChI is InChI=1S/C10H12ClNO2/c11-8-6-7-4-2-1-3-5-12(7)9(8)10(13)14/h6H,1-5H2,(H,13,14). The SMILES string of the molecule is O=C(O)c1c(Cl)cc2n1CCCCC2. The van der Waals surface area contributed by atoms with Crippen LogP contribution in [0.15, 0.2) is 6.07 Å². The van der Waals surface area contributed by atoms with Crippen LogP contribution < -0.4 is 0 Å². The molecule has 0 bridgehead atoms. The first kappa shape index (κ1) is 9.59. The molecule has 1 aliphatic heterocycles. The Kier molecular flexibility index (Phi) is 2.50. The summed E-state index contributed by atoms with van der Waals surface area (Å²) in [4.78, 5) is 11.0. The second-order valence-corrected chi connectivity index (χ2v) is 4.01. The lowest BCUT2D eigenvalue weighted by atomic mass is 10.2. The molecule has 1 aromatic rings. The van der Waals surface area contributed by atoms with Gasteiger partial charge in [-0.15, -0.1) is 0 Å². The van der Waals surface area contributed by atoms with Gasteiger partial charge >= 0.3 is 5.97 Å². The molecule has 3 nitrogen and oxygen atoms in total. The highest BCUT2D eigenvalue weighted by Crippen LogP contribution is 2.25. The van der Waals surface area contributed by atoms with Crippen LogP contribution in [0.4, 0.5) is 0 Å². The van der Waals surface area contributed by atoms with E-state index in [9.17, 15) is 4.79 Å². The second-order valence-electron chi connectivity index (χ2n) is 3.60. The minimum absolute atomic E-state index is 0.253. The quantitative estimate of drug-likeness (QED) is 0.779. The number of carboxylic acids is 1. The fraction of sp³-hybridized carbons (Fsp3) is 0.500. The van der Waals surface area contributed by atoms with Crippen LogP contribution in [0.3, 0.4) is 0 Å². The smallest absolute Gasteiger partial charge is 0.354 e. The van der Waals surface area contributed by atoms with Gasteiger partial charge in [0, 0.05) is 12.2 Å². The summed E-state index contributed by atoms with van der Waals surface area (Å²) in [5.41, 5.74) is 1.31. The molecule has 2 heterocycles. The van der Waals surface area contributed by atoms with Crippen LogP contribution in [-0.2, 0) is 13.0 Å². The third-order valence-corrected chi connectivity index (χ3v) is 2.94. The lowest BCUT2D eigenvalue weighted by Gasteiger charge is -2.06. The molecule has 1 aromatic heterocycles. The summed E-state index contributed by atoms with van der Waals surface area (Å²) in [6.07, 6.45) is 4.27. The molecule has 0 aliphatic carbocycles. The molecule has 1 N–H and O–H groups in total. The monoisotopic (exact) mass is 213 g/mol. The summed E-state index contributed by atoms with van der Waals surface area (Å²) in [6, 6.07) is 1.79. The number of fused-ring (bicyclic) bond motifs is 1. The molecule has 0 unspecified atom stereocenters. The van der Waals surface area contributed by atoms with Gasteiger partial charge in [-0.1, -0.05) is 18.0 Å². The molecule has 0 amide bonds. The van der Waals surface area contributed by atoms with E-state index >= 15 is 0 Å². The predicted molar refractivity (Wildman–Crippen MR) is 54.0 cm³/mol. The fourth-order valence-corrected chi connectivity index (χ4v) is 2.31. The van der Waals surface area contributed by atoms with Gasteiger partial charge in [-0.2, -0.15) is 0 Å². The zero-order valence-electron chi connectivity index (χ0n) is 7.79. The maximum atomic E-state index is 11.0. The Labute approximate surface area is 87.3 Å². The number of carbonyl (C=O) groups is 1. The highest BCUT2D eigenvalue weighted by atomic mass is 35.5. The third kappa shape index (κ3) is 1.52. The van der Waals surface area contributed by atoms with E-state index in [2.05, 4.69) is 0 Å². The Morgan fingerprint density at radius 1 is 1.43 bits per heavy atom. The highest BCUT2D eigenvalue weighted by molar-refractivity contribution is 6.33. The molecule has 0 radical (unpaired) electrons. The molecule has 14 heavy (non-hydrogen) atoms. The van der Waals surface area contributed by atoms with Crippen molar-refractivity contribution in [2.75, 3.05) is 0 Å². The summed E-state index contributed by atoms with van der Waals surface area (Å²) in [7, 11) is 0. The molecule has 2 rings (SSSR count). The van der Waals surface area contributed by atoms with Gasteiger partial charge in [0.05, 0.1) is 5.02 Å². The van der Waals surface area contributed by atoms with Gasteiger partial charge in [-0.25, -0.2) is 4.79 Å². The number of rotatable bonds is 1. The first-order valence-electron chi connectivity index (χ1n) is 4.81. The number of carboxylic acid groups (broad SMARTS) is 1. The number of hydrogen-bond acceptors (Lipinski definition) is 1. The minimum Gasteiger partial charge on any atom is -0.477 e. The fourth-order valence-electron chi connectivity index (χ4n) is 2.00. The van der Waals surface area contributed by atoms with Gasteiger partial charge in [0.15, 0.2) is 0 Å². The van der Waals surface area contributed by atoms with Crippen molar-refractivity contribution in [3.05, 3.63) is 22.5 Å². The Hall–Kier alpha value is -0.960. The third-order valence-electron chi connectivity index (χ3n) is 2.65. The first-order chi connectivity index (χ1) is 6.70. The summed E-state index contributed by atoms with van der Waals surface area (Å²) in [5.74, 6) is -0.928. The normalized spacial score (nSPS) is 16.1. The number of aromatic carboxylic acids is 1. The Morgan fingerprint density at radius 3 is 2.93 bits per heavy atom. The lowest BCUT2D eigenvalue weighted by molar-refractivity contribution is 0.0685. The molecule has 0 saturated carbocycles. The van der Waals surface area contributed by atoms with Crippen LogP contribution in [0, 0.1) is 0 Å². The van der Waals surface area contributed by atoms with Crippen LogP contribution in [0.5, 0.6) is 0 Å². The van der Waals surface area contributed by atoms with Gasteiger partial charge in [-0.3, -0.25) is 0 Å². The molecule has 0 spiro atoms. The summed E-state index contributed by atoms with van der Waals surface area (Å²) < 4.78 is 1.84. The first-order valence-corrected chi connectivity index (χ1v) is 5.19. The van der Waals surface area contributed by atoms with Crippen molar-refractivity contribution in [3.63, 3.8) is 0 Å². The summed E-state index contributed by atoms with van der Waals surface area (Å²) in [5, 5.41) is 9.37. The average Bonchev–Trinajstić information content (AvgIpc) is 2.31. The topological polar surface area (TPSA) is 42.2 Å². The van der Waals surface area contributed by atoms with Crippen molar-refractivity contribution < 1.29 is 9.90 Å². The van der Waals surface area contributed by atoms with E-state index in [-0.39, 0.29) is 5.69 Å². The number of halogens is 1. The lowest BCUT2D eigenvalue weighted by Crippen LogP contribution is -2.10. The molecule has 0 saturated heterocycles. The molecule has 4 heteroatoms. The van der Waals surface area contributed by atoms with Crippen molar-refractivity contribution in [1.29, 1.82) is 0 Å². The largest absolute Gasteiger partial charge is 0.477 e. The van der Waals surface area contributed by atoms with Gasteiger partial charge in [0.2, 0.25) is 0 Å². The van der Waals surface area contributed by atoms with Gasteiger partial charge in [0.25, 0.3) is 0 Å². The van der Waals surface area contributed by atoms with E-state index in [0.717, 1.165) is 31.5 Å². The molecule has 0 aromatic carbocycles. The number of hydrogen-bond donors (Lipinski definition) is 1. The molecular formula is C10H12ClNO2. The van der Waals surface area contributed by atoms with E-state index in [0.29, 0.717) is 5.02 Å². The molecule has 1 aliphatic rings. The number of aromatic nitrogens is 1. The van der Waals surface area contributed by atoms with E-state index in [4.69, 9.17) is 16.7 Å². The molecule has 0 fully saturated rings. The van der Waals surface area contributed by atoms with Gasteiger partial charge in [-0.05, 0) is 25.3 Å². The van der Waals surface area contributed by atoms with E-state index in [1.165, 1.54) is 6.42 Å². The molecular weight excluding hydrogens is 202 g/mol. The number of aryl methyl sites for hydroxylation is 1. The second kappa shape index (κ2) is 3.65.